The maximum absolute atomic E-state index is 13.8. The van der Waals surface area contributed by atoms with Crippen molar-refractivity contribution in [1.29, 1.82) is 0 Å². The summed E-state index contributed by atoms with van der Waals surface area (Å²) < 4.78 is 13.8. The number of nitrogens with zero attached hydrogens (tertiary/aromatic N) is 4. The summed E-state index contributed by atoms with van der Waals surface area (Å²) in [6, 6.07) is 15.7. The molecule has 4 rings (SSSR count). The van der Waals surface area contributed by atoms with E-state index in [1.165, 1.54) is 5.56 Å². The number of hydrogen-bond acceptors (Lipinski definition) is 4. The summed E-state index contributed by atoms with van der Waals surface area (Å²) >= 11 is 0. The molecule has 0 unspecified atom stereocenters. The molecule has 2 aromatic carbocycles. The molecule has 2 heterocycles. The normalized spacial score (nSPS) is 13.6. The van der Waals surface area contributed by atoms with Crippen molar-refractivity contribution < 1.29 is 9.18 Å². The number of aromatic nitrogens is 2. The van der Waals surface area contributed by atoms with E-state index >= 15 is 0 Å². The summed E-state index contributed by atoms with van der Waals surface area (Å²) in [5.74, 6) is 0.744. The molecular formula is C31H37FN4O. The quantitative estimate of drug-likeness (QED) is 0.388. The lowest BCUT2D eigenvalue weighted by Crippen LogP contribution is -2.49. The molecular weight excluding hydrogens is 463 g/mol. The van der Waals surface area contributed by atoms with Gasteiger partial charge >= 0.3 is 0 Å². The molecule has 1 saturated heterocycles. The van der Waals surface area contributed by atoms with Crippen LogP contribution in [0.3, 0.4) is 0 Å². The molecule has 0 radical (unpaired) electrons. The number of rotatable bonds is 6. The van der Waals surface area contributed by atoms with Crippen molar-refractivity contribution in [2.24, 2.45) is 0 Å². The lowest BCUT2D eigenvalue weighted by molar-refractivity contribution is -0.131. The summed E-state index contributed by atoms with van der Waals surface area (Å²) in [4.78, 5) is 25.1. The molecule has 1 aromatic heterocycles. The molecule has 0 aliphatic carbocycles. The number of benzene rings is 2. The third kappa shape index (κ3) is 8.10. The molecule has 0 atom stereocenters. The predicted octanol–water partition coefficient (Wildman–Crippen LogP) is 6.48. The van der Waals surface area contributed by atoms with Crippen molar-refractivity contribution in [3.8, 4) is 0 Å². The van der Waals surface area contributed by atoms with E-state index in [0.717, 1.165) is 35.7 Å². The number of aryl methyl sites for hydroxylation is 2. The molecule has 6 heteroatoms. The minimum Gasteiger partial charge on any atom is -0.339 e. The highest BCUT2D eigenvalue weighted by Gasteiger charge is 2.21. The molecule has 0 spiro atoms. The van der Waals surface area contributed by atoms with E-state index in [9.17, 15) is 9.18 Å². The van der Waals surface area contributed by atoms with Crippen LogP contribution < -0.4 is 4.90 Å². The van der Waals surface area contributed by atoms with Crippen molar-refractivity contribution in [3.05, 3.63) is 102 Å². The van der Waals surface area contributed by atoms with Gasteiger partial charge in [0.05, 0.1) is 0 Å². The van der Waals surface area contributed by atoms with Crippen LogP contribution in [0.15, 0.2) is 73.6 Å². The summed E-state index contributed by atoms with van der Waals surface area (Å²) in [5.41, 5.74) is 5.73. The van der Waals surface area contributed by atoms with Crippen LogP contribution in [0.1, 0.15) is 48.9 Å². The van der Waals surface area contributed by atoms with E-state index in [2.05, 4.69) is 39.7 Å². The predicted molar refractivity (Wildman–Crippen MR) is 151 cm³/mol. The first-order valence-electron chi connectivity index (χ1n) is 12.7. The Hall–Kier alpha value is -3.80. The van der Waals surface area contributed by atoms with Crippen LogP contribution in [-0.2, 0) is 4.79 Å². The number of allylic oxidation sites excluding steroid dienone is 3. The zero-order chi connectivity index (χ0) is 26.8. The Morgan fingerprint density at radius 2 is 1.54 bits per heavy atom. The first kappa shape index (κ1) is 27.8. The van der Waals surface area contributed by atoms with Crippen molar-refractivity contribution >= 4 is 23.0 Å². The first-order valence-corrected chi connectivity index (χ1v) is 12.7. The Balaban J connectivity index is 0.000000356. The van der Waals surface area contributed by atoms with Crippen molar-refractivity contribution in [3.63, 3.8) is 0 Å². The Bertz CT molecular complexity index is 1190. The van der Waals surface area contributed by atoms with Crippen LogP contribution in [0.5, 0.6) is 0 Å². The number of piperazine rings is 1. The number of halogens is 1. The molecule has 0 saturated carbocycles. The topological polar surface area (TPSA) is 49.3 Å². The van der Waals surface area contributed by atoms with Gasteiger partial charge in [-0.2, -0.15) is 0 Å². The van der Waals surface area contributed by atoms with E-state index in [1.54, 1.807) is 32.3 Å². The van der Waals surface area contributed by atoms with E-state index in [0.29, 0.717) is 37.1 Å². The molecule has 0 bridgehead atoms. The van der Waals surface area contributed by atoms with Crippen LogP contribution in [0, 0.1) is 19.7 Å². The second-order valence-corrected chi connectivity index (χ2v) is 9.41. The van der Waals surface area contributed by atoms with Gasteiger partial charge in [0.1, 0.15) is 5.82 Å². The van der Waals surface area contributed by atoms with E-state index in [-0.39, 0.29) is 11.7 Å². The molecule has 5 nitrogen and oxygen atoms in total. The van der Waals surface area contributed by atoms with Gasteiger partial charge in [0.2, 0.25) is 11.9 Å². The number of amides is 1. The molecule has 3 aromatic rings. The standard InChI is InChI=1S/C22H27FN4O.C9H10/c1-16(19-14-17(2)21(23)18(3)15-19)6-4-7-20(28)26-10-12-27(13-11-26)22-24-8-5-9-25-22;1-8(2)9-6-4-3-5-7-9/h5-6,8-9,14-15H,4,7,10-13H2,1-3H3;3-7H,1H2,2H3/b16-6+;. The monoisotopic (exact) mass is 500 g/mol. The van der Waals surface area contributed by atoms with Crippen molar-refractivity contribution in [1.82, 2.24) is 14.9 Å². The smallest absolute Gasteiger partial charge is 0.225 e. The van der Waals surface area contributed by atoms with Gasteiger partial charge in [-0.3, -0.25) is 4.79 Å². The van der Waals surface area contributed by atoms with Crippen molar-refractivity contribution in [2.75, 3.05) is 31.1 Å². The van der Waals surface area contributed by atoms with Crippen LogP contribution in [-0.4, -0.2) is 47.0 Å². The fourth-order valence-corrected chi connectivity index (χ4v) is 4.19. The third-order valence-electron chi connectivity index (χ3n) is 6.43. The summed E-state index contributed by atoms with van der Waals surface area (Å²) in [7, 11) is 0. The Morgan fingerprint density at radius 1 is 0.946 bits per heavy atom. The van der Waals surface area contributed by atoms with Crippen LogP contribution >= 0.6 is 0 Å². The van der Waals surface area contributed by atoms with Gasteiger partial charge in [0.25, 0.3) is 0 Å². The molecule has 1 amide bonds. The second kappa shape index (κ2) is 13.5. The minimum atomic E-state index is -0.147. The number of hydrogen-bond donors (Lipinski definition) is 0. The van der Waals surface area contributed by atoms with Crippen LogP contribution in [0.25, 0.3) is 11.1 Å². The highest BCUT2D eigenvalue weighted by atomic mass is 19.1. The molecule has 0 N–H and O–H groups in total. The second-order valence-electron chi connectivity index (χ2n) is 9.41. The lowest BCUT2D eigenvalue weighted by atomic mass is 10.00. The average Bonchev–Trinajstić information content (AvgIpc) is 2.92. The van der Waals surface area contributed by atoms with E-state index < -0.39 is 0 Å². The number of anilines is 1. The van der Waals surface area contributed by atoms with Gasteiger partial charge in [-0.25, -0.2) is 14.4 Å². The largest absolute Gasteiger partial charge is 0.339 e. The number of carbonyl (C=O) groups excluding carboxylic acids is 1. The Kier molecular flexibility index (Phi) is 10.1. The highest BCUT2D eigenvalue weighted by molar-refractivity contribution is 5.77. The molecule has 1 aliphatic rings. The minimum absolute atomic E-state index is 0.147. The number of carbonyl (C=O) groups is 1. The van der Waals surface area contributed by atoms with E-state index in [4.69, 9.17) is 0 Å². The van der Waals surface area contributed by atoms with Gasteiger partial charge in [-0.05, 0) is 80.1 Å². The van der Waals surface area contributed by atoms with Crippen molar-refractivity contribution in [2.45, 2.75) is 40.5 Å². The highest BCUT2D eigenvalue weighted by Crippen LogP contribution is 2.21. The van der Waals surface area contributed by atoms with Gasteiger partial charge in [-0.1, -0.05) is 48.6 Å². The molecule has 1 fully saturated rings. The molecule has 194 valence electrons. The summed E-state index contributed by atoms with van der Waals surface area (Å²) in [5, 5.41) is 0. The zero-order valence-corrected chi connectivity index (χ0v) is 22.4. The maximum Gasteiger partial charge on any atom is 0.225 e. The van der Waals surface area contributed by atoms with Gasteiger partial charge in [-0.15, -0.1) is 0 Å². The van der Waals surface area contributed by atoms with Crippen LogP contribution in [0.2, 0.25) is 0 Å². The lowest BCUT2D eigenvalue weighted by Gasteiger charge is -2.34. The summed E-state index contributed by atoms with van der Waals surface area (Å²) in [6.45, 7) is 14.3. The van der Waals surface area contributed by atoms with Crippen LogP contribution in [0.4, 0.5) is 10.3 Å². The SMILES string of the molecule is C/C(=C\CCC(=O)N1CCN(c2ncccn2)CC1)c1cc(C)c(F)c(C)c1.C=C(C)c1ccccc1. The van der Waals surface area contributed by atoms with E-state index in [1.807, 2.05) is 49.1 Å². The van der Waals surface area contributed by atoms with Gasteiger partial charge in [0.15, 0.2) is 0 Å². The van der Waals surface area contributed by atoms with Gasteiger partial charge < -0.3 is 9.80 Å². The molecule has 1 aliphatic heterocycles. The molecule has 37 heavy (non-hydrogen) atoms. The third-order valence-corrected chi connectivity index (χ3v) is 6.43. The zero-order valence-electron chi connectivity index (χ0n) is 22.4. The Morgan fingerprint density at radius 3 is 2.08 bits per heavy atom. The average molecular weight is 501 g/mol. The summed E-state index contributed by atoms with van der Waals surface area (Å²) in [6.07, 6.45) is 6.70. The fraction of sp³-hybridized carbons (Fsp3) is 0.323. The fourth-order valence-electron chi connectivity index (χ4n) is 4.19. The van der Waals surface area contributed by atoms with Gasteiger partial charge in [0, 0.05) is 45.0 Å². The first-order chi connectivity index (χ1) is 17.8. The maximum atomic E-state index is 13.8. The Labute approximate surface area is 220 Å².